The van der Waals surface area contributed by atoms with Gasteiger partial charge in [0.15, 0.2) is 0 Å². The minimum absolute atomic E-state index is 0.0214. The Balaban J connectivity index is 2.53. The number of hydrazone groups is 1. The van der Waals surface area contributed by atoms with Crippen molar-refractivity contribution in [2.45, 2.75) is 26.7 Å². The molecule has 24 heavy (non-hydrogen) atoms. The number of anilines is 1. The molecule has 0 heterocycles. The van der Waals surface area contributed by atoms with Crippen LogP contribution in [0.25, 0.3) is 0 Å². The first-order valence-corrected chi connectivity index (χ1v) is 7.22. The summed E-state index contributed by atoms with van der Waals surface area (Å²) in [5, 5.41) is 14.7. The van der Waals surface area contributed by atoms with E-state index in [-0.39, 0.29) is 18.7 Å². The molecule has 0 fully saturated rings. The molecular weight excluding hydrogens is 312 g/mol. The van der Waals surface area contributed by atoms with Crippen molar-refractivity contribution in [2.24, 2.45) is 5.10 Å². The SMILES string of the molecule is CCOC(=O)c1ccc(NC(=O)C/C(C)=N/NC(=O)CC#N)cc1. The molecule has 8 heteroatoms. The van der Waals surface area contributed by atoms with E-state index in [0.717, 1.165) is 0 Å². The van der Waals surface area contributed by atoms with E-state index in [2.05, 4.69) is 15.8 Å². The van der Waals surface area contributed by atoms with Crippen LogP contribution in [0.3, 0.4) is 0 Å². The molecule has 0 bridgehead atoms. The maximum Gasteiger partial charge on any atom is 0.338 e. The van der Waals surface area contributed by atoms with Gasteiger partial charge in [-0.1, -0.05) is 0 Å². The molecular formula is C16H18N4O4. The van der Waals surface area contributed by atoms with Crippen molar-refractivity contribution < 1.29 is 19.1 Å². The van der Waals surface area contributed by atoms with Crippen LogP contribution in [0.15, 0.2) is 29.4 Å². The molecule has 0 aliphatic heterocycles. The number of ether oxygens (including phenoxy) is 1. The highest BCUT2D eigenvalue weighted by molar-refractivity contribution is 6.05. The molecule has 0 unspecified atom stereocenters. The minimum atomic E-state index is -0.535. The number of carbonyl (C=O) groups excluding carboxylic acids is 3. The fourth-order valence-corrected chi connectivity index (χ4v) is 1.65. The van der Waals surface area contributed by atoms with E-state index < -0.39 is 11.9 Å². The van der Waals surface area contributed by atoms with E-state index in [1.54, 1.807) is 44.2 Å². The van der Waals surface area contributed by atoms with Gasteiger partial charge in [0.1, 0.15) is 6.42 Å². The molecule has 126 valence electrons. The highest BCUT2D eigenvalue weighted by Crippen LogP contribution is 2.11. The number of nitrogens with zero attached hydrogens (tertiary/aromatic N) is 2. The number of esters is 1. The number of nitrogens with one attached hydrogen (secondary N) is 2. The number of hydrogen-bond donors (Lipinski definition) is 2. The van der Waals surface area contributed by atoms with Gasteiger partial charge in [0.2, 0.25) is 5.91 Å². The molecule has 1 aromatic rings. The quantitative estimate of drug-likeness (QED) is 0.447. The molecule has 0 spiro atoms. The van der Waals surface area contributed by atoms with Crippen LogP contribution in [0, 0.1) is 11.3 Å². The first kappa shape index (κ1) is 18.8. The van der Waals surface area contributed by atoms with E-state index in [4.69, 9.17) is 10.00 Å². The molecule has 1 aromatic carbocycles. The molecule has 0 atom stereocenters. The summed E-state index contributed by atoms with van der Waals surface area (Å²) >= 11 is 0. The van der Waals surface area contributed by atoms with Crippen LogP contribution in [0.4, 0.5) is 5.69 Å². The van der Waals surface area contributed by atoms with Gasteiger partial charge in [-0.2, -0.15) is 10.4 Å². The third kappa shape index (κ3) is 6.70. The number of hydrogen-bond acceptors (Lipinski definition) is 6. The third-order valence-electron chi connectivity index (χ3n) is 2.71. The lowest BCUT2D eigenvalue weighted by atomic mass is 10.2. The van der Waals surface area contributed by atoms with Crippen molar-refractivity contribution >= 4 is 29.2 Å². The fourth-order valence-electron chi connectivity index (χ4n) is 1.65. The second kappa shape index (κ2) is 9.74. The van der Waals surface area contributed by atoms with Crippen LogP contribution in [-0.2, 0) is 14.3 Å². The van der Waals surface area contributed by atoms with E-state index >= 15 is 0 Å². The molecule has 0 saturated carbocycles. The van der Waals surface area contributed by atoms with Gasteiger partial charge < -0.3 is 10.1 Å². The standard InChI is InChI=1S/C16H18N4O4/c1-3-24-16(23)12-4-6-13(7-5-12)18-15(22)10-11(2)19-20-14(21)8-9-17/h4-7H,3,8,10H2,1-2H3,(H,18,22)(H,20,21)/b19-11+. The average Bonchev–Trinajstić information content (AvgIpc) is 2.54. The first-order valence-electron chi connectivity index (χ1n) is 7.22. The Morgan fingerprint density at radius 2 is 1.88 bits per heavy atom. The molecule has 1 rings (SSSR count). The topological polar surface area (TPSA) is 121 Å². The Kier molecular flexibility index (Phi) is 7.64. The second-order valence-electron chi connectivity index (χ2n) is 4.74. The summed E-state index contributed by atoms with van der Waals surface area (Å²) in [6, 6.07) is 7.97. The molecule has 0 saturated heterocycles. The first-order chi connectivity index (χ1) is 11.5. The lowest BCUT2D eigenvalue weighted by Crippen LogP contribution is -2.20. The van der Waals surface area contributed by atoms with E-state index in [9.17, 15) is 14.4 Å². The van der Waals surface area contributed by atoms with Crippen molar-refractivity contribution in [3.05, 3.63) is 29.8 Å². The Morgan fingerprint density at radius 3 is 2.46 bits per heavy atom. The Bertz CT molecular complexity index is 674. The summed E-state index contributed by atoms with van der Waals surface area (Å²) in [6.45, 7) is 3.59. The summed E-state index contributed by atoms with van der Waals surface area (Å²) in [5.41, 5.74) is 3.49. The monoisotopic (exact) mass is 330 g/mol. The zero-order chi connectivity index (χ0) is 17.9. The minimum Gasteiger partial charge on any atom is -0.462 e. The molecule has 8 nitrogen and oxygen atoms in total. The molecule has 2 N–H and O–H groups in total. The van der Waals surface area contributed by atoms with Crippen molar-refractivity contribution in [1.82, 2.24) is 5.43 Å². The lowest BCUT2D eigenvalue weighted by molar-refractivity contribution is -0.120. The van der Waals surface area contributed by atoms with E-state index in [0.29, 0.717) is 23.6 Å². The van der Waals surface area contributed by atoms with Crippen molar-refractivity contribution in [1.29, 1.82) is 5.26 Å². The molecule has 2 amide bonds. The zero-order valence-corrected chi connectivity index (χ0v) is 13.5. The Labute approximate surface area is 139 Å². The van der Waals surface area contributed by atoms with Gasteiger partial charge >= 0.3 is 5.97 Å². The Morgan fingerprint density at radius 1 is 1.21 bits per heavy atom. The van der Waals surface area contributed by atoms with Crippen molar-refractivity contribution in [3.63, 3.8) is 0 Å². The average molecular weight is 330 g/mol. The van der Waals surface area contributed by atoms with Crippen molar-refractivity contribution in [2.75, 3.05) is 11.9 Å². The van der Waals surface area contributed by atoms with Crippen LogP contribution in [0.2, 0.25) is 0 Å². The summed E-state index contributed by atoms with van der Waals surface area (Å²) in [6.07, 6.45) is -0.317. The number of carbonyl (C=O) groups is 3. The molecule has 0 aromatic heterocycles. The zero-order valence-electron chi connectivity index (χ0n) is 13.5. The van der Waals surface area contributed by atoms with Crippen LogP contribution < -0.4 is 10.7 Å². The lowest BCUT2D eigenvalue weighted by Gasteiger charge is -2.06. The molecule has 0 radical (unpaired) electrons. The van der Waals surface area contributed by atoms with Crippen LogP contribution in [0.1, 0.15) is 37.0 Å². The highest BCUT2D eigenvalue weighted by Gasteiger charge is 2.08. The second-order valence-corrected chi connectivity index (χ2v) is 4.74. The van der Waals surface area contributed by atoms with Gasteiger partial charge in [0.05, 0.1) is 24.7 Å². The third-order valence-corrected chi connectivity index (χ3v) is 2.71. The molecule has 0 aliphatic rings. The number of nitriles is 1. The van der Waals surface area contributed by atoms with Crippen LogP contribution in [-0.4, -0.2) is 30.1 Å². The van der Waals surface area contributed by atoms with Gasteiger partial charge in [0, 0.05) is 11.4 Å². The fraction of sp³-hybridized carbons (Fsp3) is 0.312. The maximum atomic E-state index is 11.9. The van der Waals surface area contributed by atoms with Gasteiger partial charge in [-0.25, -0.2) is 10.2 Å². The van der Waals surface area contributed by atoms with E-state index in [1.165, 1.54) is 0 Å². The number of amides is 2. The van der Waals surface area contributed by atoms with Crippen LogP contribution >= 0.6 is 0 Å². The molecule has 0 aliphatic carbocycles. The van der Waals surface area contributed by atoms with Gasteiger partial charge in [0.25, 0.3) is 5.91 Å². The summed E-state index contributed by atoms with van der Waals surface area (Å²) in [4.78, 5) is 34.5. The normalized spacial score (nSPS) is 10.5. The van der Waals surface area contributed by atoms with Gasteiger partial charge in [-0.3, -0.25) is 9.59 Å². The largest absolute Gasteiger partial charge is 0.462 e. The summed E-state index contributed by atoms with van der Waals surface area (Å²) < 4.78 is 4.87. The maximum absolute atomic E-state index is 11.9. The summed E-state index contributed by atoms with van der Waals surface area (Å²) in [7, 11) is 0. The predicted octanol–water partition coefficient (Wildman–Crippen LogP) is 1.60. The van der Waals surface area contributed by atoms with Crippen molar-refractivity contribution in [3.8, 4) is 6.07 Å². The van der Waals surface area contributed by atoms with E-state index in [1.807, 2.05) is 0 Å². The van der Waals surface area contributed by atoms with Gasteiger partial charge in [-0.15, -0.1) is 0 Å². The number of rotatable bonds is 7. The van der Waals surface area contributed by atoms with Crippen LogP contribution in [0.5, 0.6) is 0 Å². The number of benzene rings is 1. The Hall–Kier alpha value is -3.21. The van der Waals surface area contributed by atoms with Gasteiger partial charge in [-0.05, 0) is 38.1 Å². The predicted molar refractivity (Wildman–Crippen MR) is 87.1 cm³/mol. The summed E-state index contributed by atoms with van der Waals surface area (Å²) in [5.74, 6) is -1.28. The smallest absolute Gasteiger partial charge is 0.338 e. The highest BCUT2D eigenvalue weighted by atomic mass is 16.5.